The molecule has 0 spiro atoms. The minimum atomic E-state index is -0.0807. The molecule has 3 aliphatic rings. The number of benzene rings is 8. The van der Waals surface area contributed by atoms with Crippen molar-refractivity contribution >= 4 is 51.7 Å². The molecule has 58 heavy (non-hydrogen) atoms. The van der Waals surface area contributed by atoms with Gasteiger partial charge in [0.2, 0.25) is 0 Å². The lowest BCUT2D eigenvalue weighted by atomic mass is 9.57. The van der Waals surface area contributed by atoms with Gasteiger partial charge in [-0.25, -0.2) is 0 Å². The Bertz CT molecular complexity index is 2880. The first-order valence-electron chi connectivity index (χ1n) is 21.0. The van der Waals surface area contributed by atoms with Crippen LogP contribution in [0.25, 0.3) is 55.3 Å². The summed E-state index contributed by atoms with van der Waals surface area (Å²) < 4.78 is 0. The molecule has 1 saturated carbocycles. The zero-order chi connectivity index (χ0) is 39.0. The summed E-state index contributed by atoms with van der Waals surface area (Å²) in [6, 6.07) is 62.8. The monoisotopic (exact) mass is 745 g/mol. The number of rotatable bonds is 6. The number of hydrogen-bond donors (Lipinski definition) is 1. The van der Waals surface area contributed by atoms with Gasteiger partial charge in [0.05, 0.1) is 5.54 Å². The molecule has 1 fully saturated rings. The van der Waals surface area contributed by atoms with Gasteiger partial charge < -0.3 is 10.2 Å². The van der Waals surface area contributed by atoms with Crippen molar-refractivity contribution in [2.45, 2.75) is 57.4 Å². The average molecular weight is 746 g/mol. The SMILES string of the molecule is Cc1ccccc1-c1cc(-c2c(Nc3ccc(-c4ccccc4)cc3)ccc3ccccc23)c2c(c1)N1c3c(cc(-c4ccccc4)cc3C3(C)CCCCC13C)[B]2. The normalized spacial score (nSPS) is 18.9. The first kappa shape index (κ1) is 34.9. The number of nitrogens with one attached hydrogen (secondary N) is 1. The van der Waals surface area contributed by atoms with E-state index < -0.39 is 0 Å². The smallest absolute Gasteiger partial charge is 0.197 e. The summed E-state index contributed by atoms with van der Waals surface area (Å²) in [4.78, 5) is 2.81. The first-order valence-corrected chi connectivity index (χ1v) is 21.0. The van der Waals surface area contributed by atoms with E-state index >= 15 is 0 Å². The second-order valence-electron chi connectivity index (χ2n) is 17.2. The summed E-state index contributed by atoms with van der Waals surface area (Å²) >= 11 is 0. The average Bonchev–Trinajstić information content (AvgIpc) is 3.48. The summed E-state index contributed by atoms with van der Waals surface area (Å²) in [7, 11) is 2.53. The Kier molecular flexibility index (Phi) is 8.05. The Labute approximate surface area is 343 Å². The van der Waals surface area contributed by atoms with Crippen molar-refractivity contribution in [3.8, 4) is 44.5 Å². The van der Waals surface area contributed by atoms with Crippen molar-refractivity contribution < 1.29 is 0 Å². The van der Waals surface area contributed by atoms with E-state index in [4.69, 9.17) is 0 Å². The molecule has 3 heteroatoms. The third-order valence-electron chi connectivity index (χ3n) is 14.0. The van der Waals surface area contributed by atoms with Crippen molar-refractivity contribution in [2.24, 2.45) is 0 Å². The van der Waals surface area contributed by atoms with Gasteiger partial charge in [0.25, 0.3) is 0 Å². The Morgan fingerprint density at radius 1 is 0.569 bits per heavy atom. The Hall–Kier alpha value is -6.32. The van der Waals surface area contributed by atoms with Crippen LogP contribution < -0.4 is 21.1 Å². The predicted octanol–water partition coefficient (Wildman–Crippen LogP) is 13.3. The van der Waals surface area contributed by atoms with Gasteiger partial charge in [0.15, 0.2) is 7.28 Å². The van der Waals surface area contributed by atoms with E-state index in [-0.39, 0.29) is 11.0 Å². The largest absolute Gasteiger partial charge is 0.355 e. The molecule has 0 amide bonds. The van der Waals surface area contributed by atoms with Crippen LogP contribution in [0.2, 0.25) is 0 Å². The molecule has 2 atom stereocenters. The Morgan fingerprint density at radius 2 is 1.24 bits per heavy atom. The van der Waals surface area contributed by atoms with E-state index in [0.717, 1.165) is 17.8 Å². The molecule has 1 aliphatic carbocycles. The van der Waals surface area contributed by atoms with Crippen LogP contribution in [0.15, 0.2) is 170 Å². The lowest BCUT2D eigenvalue weighted by Gasteiger charge is -2.51. The van der Waals surface area contributed by atoms with Gasteiger partial charge in [0.1, 0.15) is 0 Å². The molecule has 2 unspecified atom stereocenters. The topological polar surface area (TPSA) is 15.3 Å². The van der Waals surface area contributed by atoms with Gasteiger partial charge in [-0.05, 0) is 124 Å². The Morgan fingerprint density at radius 3 is 2.02 bits per heavy atom. The number of hydrogen-bond acceptors (Lipinski definition) is 2. The van der Waals surface area contributed by atoms with Gasteiger partial charge in [-0.15, -0.1) is 0 Å². The summed E-state index contributed by atoms with van der Waals surface area (Å²) in [6.07, 6.45) is 4.83. The van der Waals surface area contributed by atoms with Crippen LogP contribution in [0.1, 0.15) is 50.7 Å². The van der Waals surface area contributed by atoms with Crippen LogP contribution in [0.3, 0.4) is 0 Å². The van der Waals surface area contributed by atoms with E-state index in [1.54, 1.807) is 0 Å². The number of anilines is 4. The number of aryl methyl sites for hydroxylation is 1. The molecule has 0 bridgehead atoms. The summed E-state index contributed by atoms with van der Waals surface area (Å²) in [6.45, 7) is 7.38. The summed E-state index contributed by atoms with van der Waals surface area (Å²) in [5.74, 6) is 0. The van der Waals surface area contributed by atoms with E-state index in [0.29, 0.717) is 0 Å². The van der Waals surface area contributed by atoms with Gasteiger partial charge in [-0.3, -0.25) is 0 Å². The van der Waals surface area contributed by atoms with Crippen molar-refractivity contribution in [2.75, 3.05) is 10.2 Å². The molecular formula is C55H46BN2. The molecule has 2 nitrogen and oxygen atoms in total. The lowest BCUT2D eigenvalue weighted by Crippen LogP contribution is -2.57. The highest BCUT2D eigenvalue weighted by atomic mass is 15.3. The van der Waals surface area contributed by atoms with Crippen LogP contribution in [-0.4, -0.2) is 12.8 Å². The highest BCUT2D eigenvalue weighted by Gasteiger charge is 2.59. The number of nitrogens with zero attached hydrogens (tertiary/aromatic N) is 1. The van der Waals surface area contributed by atoms with Gasteiger partial charge in [-0.2, -0.15) is 0 Å². The minimum Gasteiger partial charge on any atom is -0.355 e. The molecule has 2 heterocycles. The maximum absolute atomic E-state index is 3.94. The molecule has 279 valence electrons. The highest BCUT2D eigenvalue weighted by molar-refractivity contribution is 6.73. The predicted molar refractivity (Wildman–Crippen MR) is 248 cm³/mol. The van der Waals surface area contributed by atoms with Crippen molar-refractivity contribution in [1.29, 1.82) is 0 Å². The molecule has 1 radical (unpaired) electrons. The maximum Gasteiger partial charge on any atom is 0.197 e. The molecule has 0 aromatic heterocycles. The van der Waals surface area contributed by atoms with Gasteiger partial charge in [-0.1, -0.05) is 164 Å². The Balaban J connectivity index is 1.17. The van der Waals surface area contributed by atoms with Crippen molar-refractivity contribution in [3.05, 3.63) is 181 Å². The van der Waals surface area contributed by atoms with E-state index in [1.807, 2.05) is 0 Å². The lowest BCUT2D eigenvalue weighted by molar-refractivity contribution is 0.195. The zero-order valence-corrected chi connectivity index (χ0v) is 33.5. The molecule has 8 aromatic rings. The highest BCUT2D eigenvalue weighted by Crippen LogP contribution is 2.61. The third kappa shape index (κ3) is 5.33. The van der Waals surface area contributed by atoms with E-state index in [9.17, 15) is 0 Å². The van der Waals surface area contributed by atoms with E-state index in [2.05, 4.69) is 208 Å². The quantitative estimate of drug-likeness (QED) is 0.171. The second-order valence-corrected chi connectivity index (χ2v) is 17.2. The fourth-order valence-corrected chi connectivity index (χ4v) is 10.7. The van der Waals surface area contributed by atoms with Crippen molar-refractivity contribution in [3.63, 3.8) is 0 Å². The molecule has 0 saturated heterocycles. The van der Waals surface area contributed by atoms with Gasteiger partial charge >= 0.3 is 0 Å². The van der Waals surface area contributed by atoms with E-state index in [1.165, 1.54) is 108 Å². The molecular weight excluding hydrogens is 699 g/mol. The summed E-state index contributed by atoms with van der Waals surface area (Å²) in [5.41, 5.74) is 20.2. The van der Waals surface area contributed by atoms with Crippen molar-refractivity contribution in [1.82, 2.24) is 0 Å². The number of fused-ring (bicyclic) bond motifs is 6. The first-order chi connectivity index (χ1) is 28.4. The molecule has 8 aromatic carbocycles. The van der Waals surface area contributed by atoms with Gasteiger partial charge in [0, 0.05) is 33.7 Å². The third-order valence-corrected chi connectivity index (χ3v) is 14.0. The van der Waals surface area contributed by atoms with Crippen LogP contribution in [0, 0.1) is 6.92 Å². The van der Waals surface area contributed by atoms with Crippen LogP contribution in [0.4, 0.5) is 22.7 Å². The van der Waals surface area contributed by atoms with Crippen LogP contribution >= 0.6 is 0 Å². The maximum atomic E-state index is 3.94. The molecule has 2 aliphatic heterocycles. The van der Waals surface area contributed by atoms with Crippen LogP contribution in [-0.2, 0) is 5.41 Å². The molecule has 11 rings (SSSR count). The standard InChI is InChI=1S/C55H46BN2/c1-36-16-10-12-22-44(36)42-32-46(51-45-23-13-11-21-40(45)26-29-49(51)57-43-27-24-39(25-28-43)37-17-6-4-7-18-37)52-50(35-42)58-53-47(54(2)30-14-15-31-55(54,58)3)33-41(34-48(53)56-52)38-19-8-5-9-20-38/h4-13,16-29,32-35,57H,14-15,30-31H2,1-3H3. The molecule has 1 N–H and O–H groups in total. The summed E-state index contributed by atoms with van der Waals surface area (Å²) in [5, 5.41) is 6.41. The fraction of sp³-hybridized carbons (Fsp3) is 0.164. The van der Waals surface area contributed by atoms with Crippen LogP contribution in [0.5, 0.6) is 0 Å². The second kappa shape index (κ2) is 13.4. The zero-order valence-electron chi connectivity index (χ0n) is 33.5. The minimum absolute atomic E-state index is 0.00643. The fourth-order valence-electron chi connectivity index (χ4n) is 10.7.